The highest BCUT2D eigenvalue weighted by Gasteiger charge is 2.30. The lowest BCUT2D eigenvalue weighted by molar-refractivity contribution is -0.161. The fourth-order valence-corrected chi connectivity index (χ4v) is 12.4. The van der Waals surface area contributed by atoms with Gasteiger partial charge >= 0.3 is 39.5 Å². The molecule has 17 nitrogen and oxygen atoms in total. The lowest BCUT2D eigenvalue weighted by Gasteiger charge is -2.21. The fraction of sp³-hybridized carbons (Fsp3) is 0.944. The highest BCUT2D eigenvalue weighted by Crippen LogP contribution is 2.45. The number of phosphoric ester groups is 2. The highest BCUT2D eigenvalue weighted by molar-refractivity contribution is 7.47. The summed E-state index contributed by atoms with van der Waals surface area (Å²) in [6.45, 7) is 14.0. The van der Waals surface area contributed by atoms with Crippen LogP contribution in [0.3, 0.4) is 0 Å². The van der Waals surface area contributed by atoms with E-state index in [0.717, 1.165) is 108 Å². The summed E-state index contributed by atoms with van der Waals surface area (Å²) in [4.78, 5) is 72.5. The maximum Gasteiger partial charge on any atom is 0.472 e. The third kappa shape index (κ3) is 66.5. The maximum absolute atomic E-state index is 13.0. The molecule has 0 amide bonds. The van der Waals surface area contributed by atoms with Gasteiger partial charge in [0.25, 0.3) is 0 Å². The SMILES string of the molecule is CC(C)CCCCCCCCCCCCCCCCCCCCC(=O)OC[C@H](COP(=O)(O)OCC(O)COP(=O)(O)OC[C@@H](COC(=O)CCCCCCCCCC(C)C)OC(=O)CCCCCCCCCCC(C)C)OC(=O)CCCCCCCCC(C)C. The molecule has 0 fully saturated rings. The van der Waals surface area contributed by atoms with E-state index >= 15 is 0 Å². The third-order valence-corrected chi connectivity index (χ3v) is 18.5. The van der Waals surface area contributed by atoms with Crippen LogP contribution in [0.5, 0.6) is 0 Å². The van der Waals surface area contributed by atoms with Gasteiger partial charge in [0.1, 0.15) is 19.3 Å². The highest BCUT2D eigenvalue weighted by atomic mass is 31.2. The lowest BCUT2D eigenvalue weighted by Crippen LogP contribution is -2.30. The molecule has 0 saturated carbocycles. The van der Waals surface area contributed by atoms with Crippen molar-refractivity contribution in [2.75, 3.05) is 39.6 Å². The zero-order valence-corrected chi connectivity index (χ0v) is 61.3. The molecule has 0 saturated heterocycles. The number of ether oxygens (including phenoxy) is 4. The summed E-state index contributed by atoms with van der Waals surface area (Å²) in [6, 6.07) is 0. The Morgan fingerprint density at radius 3 is 0.681 bits per heavy atom. The first-order valence-electron chi connectivity index (χ1n) is 37.2. The van der Waals surface area contributed by atoms with Gasteiger partial charge in [-0.3, -0.25) is 37.3 Å². The molecule has 3 unspecified atom stereocenters. The predicted molar refractivity (Wildman–Crippen MR) is 367 cm³/mol. The molecule has 3 N–H and O–H groups in total. The van der Waals surface area contributed by atoms with Crippen LogP contribution in [0.15, 0.2) is 0 Å². The second-order valence-corrected chi connectivity index (χ2v) is 30.8. The molecule has 0 aliphatic carbocycles. The molecule has 0 aromatic heterocycles. The molecule has 0 spiro atoms. The molecule has 0 aliphatic rings. The number of esters is 4. The molecule has 540 valence electrons. The van der Waals surface area contributed by atoms with Crippen LogP contribution in [0.1, 0.15) is 357 Å². The Bertz CT molecular complexity index is 1800. The summed E-state index contributed by atoms with van der Waals surface area (Å²) < 4.78 is 68.2. The average Bonchev–Trinajstić information content (AvgIpc) is 3.68. The van der Waals surface area contributed by atoms with E-state index in [1.165, 1.54) is 154 Å². The number of carbonyl (C=O) groups excluding carboxylic acids is 4. The van der Waals surface area contributed by atoms with Gasteiger partial charge in [0.2, 0.25) is 0 Å². The summed E-state index contributed by atoms with van der Waals surface area (Å²) in [7, 11) is -9.90. The Morgan fingerprint density at radius 1 is 0.275 bits per heavy atom. The standard InChI is InChI=1S/C72H140O17P2/c1-62(2)48-40-32-24-19-17-15-13-11-9-10-12-14-16-18-20-27-36-44-52-69(74)82-59-68(89-72(77)55-47-39-31-30-35-43-51-65(7)8)61-87-91(80,81)85-57-66(73)56-84-90(78,79)86-60-67(58-83-70(75)53-45-37-29-23-26-34-42-50-64(5)6)88-71(76)54-46-38-28-22-21-25-33-41-49-63(3)4/h62-68,73H,9-61H2,1-8H3,(H,78,79)(H,80,81)/t66?,67-,68-/m1/s1. The van der Waals surface area contributed by atoms with Crippen LogP contribution in [-0.2, 0) is 65.4 Å². The molecule has 0 aliphatic heterocycles. The number of unbranched alkanes of at least 4 members (excludes halogenated alkanes) is 35. The Labute approximate surface area is 556 Å². The van der Waals surface area contributed by atoms with Crippen molar-refractivity contribution < 1.29 is 80.2 Å². The van der Waals surface area contributed by atoms with Crippen LogP contribution in [0.2, 0.25) is 0 Å². The Kier molecular flexibility index (Phi) is 60.3. The van der Waals surface area contributed by atoms with Crippen molar-refractivity contribution in [2.24, 2.45) is 23.7 Å². The van der Waals surface area contributed by atoms with E-state index in [1.54, 1.807) is 0 Å². The first-order valence-corrected chi connectivity index (χ1v) is 40.2. The van der Waals surface area contributed by atoms with Crippen LogP contribution in [0.25, 0.3) is 0 Å². The second kappa shape index (κ2) is 61.6. The number of hydrogen-bond acceptors (Lipinski definition) is 15. The van der Waals surface area contributed by atoms with Gasteiger partial charge in [-0.25, -0.2) is 9.13 Å². The quantitative estimate of drug-likeness (QED) is 0.0222. The normalized spacial score (nSPS) is 14.2. The maximum atomic E-state index is 13.0. The minimum atomic E-state index is -4.95. The van der Waals surface area contributed by atoms with E-state index < -0.39 is 97.5 Å². The molecule has 91 heavy (non-hydrogen) atoms. The van der Waals surface area contributed by atoms with Crippen LogP contribution in [0, 0.1) is 23.7 Å². The second-order valence-electron chi connectivity index (χ2n) is 27.9. The summed E-state index contributed by atoms with van der Waals surface area (Å²) in [5.41, 5.74) is 0. The first-order chi connectivity index (χ1) is 43.6. The van der Waals surface area contributed by atoms with Crippen molar-refractivity contribution >= 4 is 39.5 Å². The van der Waals surface area contributed by atoms with E-state index in [4.69, 9.17) is 37.0 Å². The van der Waals surface area contributed by atoms with Gasteiger partial charge < -0.3 is 33.8 Å². The molecule has 5 atom stereocenters. The van der Waals surface area contributed by atoms with E-state index in [9.17, 15) is 43.2 Å². The summed E-state index contributed by atoms with van der Waals surface area (Å²) in [5.74, 6) is 0.781. The van der Waals surface area contributed by atoms with Gasteiger partial charge in [0, 0.05) is 25.7 Å². The van der Waals surface area contributed by atoms with Crippen molar-refractivity contribution in [3.8, 4) is 0 Å². The largest absolute Gasteiger partial charge is 0.472 e. The van der Waals surface area contributed by atoms with E-state index in [0.29, 0.717) is 37.5 Å². The number of aliphatic hydroxyl groups is 1. The molecule has 0 rings (SSSR count). The monoisotopic (exact) mass is 1340 g/mol. The van der Waals surface area contributed by atoms with Gasteiger partial charge in [-0.1, -0.05) is 306 Å². The average molecular weight is 1340 g/mol. The van der Waals surface area contributed by atoms with Gasteiger partial charge in [-0.2, -0.15) is 0 Å². The van der Waals surface area contributed by atoms with E-state index in [1.807, 2.05) is 0 Å². The van der Waals surface area contributed by atoms with Crippen LogP contribution in [0.4, 0.5) is 0 Å². The summed E-state index contributed by atoms with van der Waals surface area (Å²) in [5, 5.41) is 10.6. The van der Waals surface area contributed by atoms with Gasteiger partial charge in [-0.15, -0.1) is 0 Å². The zero-order chi connectivity index (χ0) is 67.5. The van der Waals surface area contributed by atoms with E-state index in [2.05, 4.69) is 55.4 Å². The summed E-state index contributed by atoms with van der Waals surface area (Å²) in [6.07, 6.45) is 45.0. The first kappa shape index (κ1) is 89.1. The molecular weight excluding hydrogens is 1200 g/mol. The van der Waals surface area contributed by atoms with Crippen molar-refractivity contribution in [1.82, 2.24) is 0 Å². The van der Waals surface area contributed by atoms with Gasteiger partial charge in [0.05, 0.1) is 26.4 Å². The minimum Gasteiger partial charge on any atom is -0.462 e. The molecule has 19 heteroatoms. The van der Waals surface area contributed by atoms with Crippen molar-refractivity contribution in [3.63, 3.8) is 0 Å². The van der Waals surface area contributed by atoms with Crippen molar-refractivity contribution in [1.29, 1.82) is 0 Å². The Balaban J connectivity index is 5.11. The molecule has 0 aromatic rings. The molecule has 0 aromatic carbocycles. The number of phosphoric acid groups is 2. The van der Waals surface area contributed by atoms with Crippen LogP contribution in [-0.4, -0.2) is 96.7 Å². The summed E-state index contributed by atoms with van der Waals surface area (Å²) >= 11 is 0. The number of carbonyl (C=O) groups is 4. The topological polar surface area (TPSA) is 237 Å². The third-order valence-electron chi connectivity index (χ3n) is 16.6. The predicted octanol–water partition coefficient (Wildman–Crippen LogP) is 20.5. The van der Waals surface area contributed by atoms with Gasteiger partial charge in [0.15, 0.2) is 12.2 Å². The van der Waals surface area contributed by atoms with E-state index in [-0.39, 0.29) is 25.7 Å². The van der Waals surface area contributed by atoms with Crippen molar-refractivity contribution in [3.05, 3.63) is 0 Å². The minimum absolute atomic E-state index is 0.102. The fourth-order valence-electron chi connectivity index (χ4n) is 10.8. The number of rotatable bonds is 69. The number of hydrogen-bond donors (Lipinski definition) is 3. The molecule has 0 radical (unpaired) electrons. The number of aliphatic hydroxyl groups excluding tert-OH is 1. The smallest absolute Gasteiger partial charge is 0.462 e. The molecular formula is C72H140O17P2. The molecule has 0 heterocycles. The van der Waals surface area contributed by atoms with Gasteiger partial charge in [-0.05, 0) is 49.4 Å². The van der Waals surface area contributed by atoms with Crippen LogP contribution >= 0.6 is 15.6 Å². The van der Waals surface area contributed by atoms with Crippen molar-refractivity contribution in [2.45, 2.75) is 375 Å². The van der Waals surface area contributed by atoms with Crippen LogP contribution < -0.4 is 0 Å². The Morgan fingerprint density at radius 2 is 0.462 bits per heavy atom. The molecule has 0 bridgehead atoms. The zero-order valence-electron chi connectivity index (χ0n) is 59.5. The lowest BCUT2D eigenvalue weighted by atomic mass is 10.0. The Hall–Kier alpha value is -1.94.